The van der Waals surface area contributed by atoms with E-state index in [1.807, 2.05) is 24.3 Å². The van der Waals surface area contributed by atoms with Gasteiger partial charge in [0.25, 0.3) is 0 Å². The fourth-order valence-electron chi connectivity index (χ4n) is 3.54. The average molecular weight is 388 g/mol. The van der Waals surface area contributed by atoms with Crippen LogP contribution in [-0.2, 0) is 13.1 Å². The number of fused-ring (bicyclic) bond motifs is 3. The first-order chi connectivity index (χ1) is 14.2. The third-order valence-corrected chi connectivity index (χ3v) is 4.96. The van der Waals surface area contributed by atoms with Gasteiger partial charge in [0.1, 0.15) is 24.0 Å². The number of carbonyl (C=O) groups is 1. The Kier molecular flexibility index (Phi) is 4.33. The molecule has 0 saturated carbocycles. The van der Waals surface area contributed by atoms with E-state index < -0.39 is 0 Å². The number of ketones is 1. The molecule has 5 nitrogen and oxygen atoms in total. The van der Waals surface area contributed by atoms with Crippen molar-refractivity contribution in [2.45, 2.75) is 13.1 Å². The number of aromatic nitrogens is 1. The van der Waals surface area contributed by atoms with E-state index in [0.29, 0.717) is 36.7 Å². The minimum Gasteiger partial charge on any atom is -0.478 e. The summed E-state index contributed by atoms with van der Waals surface area (Å²) in [4.78, 5) is 19.3. The molecule has 3 aromatic rings. The summed E-state index contributed by atoms with van der Waals surface area (Å²) < 4.78 is 25.0. The molecule has 2 aliphatic rings. The Labute approximate surface area is 167 Å². The van der Waals surface area contributed by atoms with Crippen molar-refractivity contribution >= 4 is 11.9 Å². The number of pyridine rings is 1. The van der Waals surface area contributed by atoms with E-state index >= 15 is 0 Å². The van der Waals surface area contributed by atoms with Crippen molar-refractivity contribution in [1.29, 1.82) is 0 Å². The molecule has 0 N–H and O–H groups in total. The van der Waals surface area contributed by atoms with Crippen LogP contribution >= 0.6 is 0 Å². The minimum atomic E-state index is -0.326. The largest absolute Gasteiger partial charge is 0.478 e. The van der Waals surface area contributed by atoms with E-state index in [9.17, 15) is 9.18 Å². The fourth-order valence-corrected chi connectivity index (χ4v) is 3.54. The molecule has 0 unspecified atom stereocenters. The maximum absolute atomic E-state index is 13.1. The summed E-state index contributed by atoms with van der Waals surface area (Å²) in [6.45, 7) is 1.66. The molecule has 0 fully saturated rings. The first-order valence-corrected chi connectivity index (χ1v) is 9.28. The highest BCUT2D eigenvalue weighted by molar-refractivity contribution is 6.15. The molecule has 29 heavy (non-hydrogen) atoms. The van der Waals surface area contributed by atoms with Crippen LogP contribution < -0.4 is 9.47 Å². The molecule has 0 amide bonds. The lowest BCUT2D eigenvalue weighted by Gasteiger charge is -2.29. The minimum absolute atomic E-state index is 0.186. The van der Waals surface area contributed by atoms with E-state index in [-0.39, 0.29) is 17.4 Å². The Bertz CT molecular complexity index is 1110. The van der Waals surface area contributed by atoms with Gasteiger partial charge in [-0.1, -0.05) is 18.2 Å². The topological polar surface area (TPSA) is 51.7 Å². The zero-order valence-electron chi connectivity index (χ0n) is 15.5. The molecule has 1 aromatic heterocycles. The fraction of sp³-hybridized carbons (Fsp3) is 0.130. The van der Waals surface area contributed by atoms with Gasteiger partial charge in [0.15, 0.2) is 5.76 Å². The Balaban J connectivity index is 1.43. The second kappa shape index (κ2) is 7.14. The van der Waals surface area contributed by atoms with Crippen LogP contribution in [-0.4, -0.2) is 22.4 Å². The molecule has 2 aromatic carbocycles. The molecule has 0 saturated heterocycles. The van der Waals surface area contributed by atoms with Crippen molar-refractivity contribution in [1.82, 2.24) is 9.88 Å². The third kappa shape index (κ3) is 3.39. The molecule has 0 bridgehead atoms. The second-order valence-corrected chi connectivity index (χ2v) is 6.99. The second-order valence-electron chi connectivity index (χ2n) is 6.99. The molecule has 0 radical (unpaired) electrons. The molecule has 5 rings (SSSR count). The number of allylic oxidation sites excluding steroid dienone is 1. The highest BCUT2D eigenvalue weighted by atomic mass is 19.1. The lowest BCUT2D eigenvalue weighted by molar-refractivity contribution is 0.0861. The number of carbonyl (C=O) groups excluding carboxylic acids is 1. The zero-order valence-corrected chi connectivity index (χ0v) is 15.5. The number of benzene rings is 2. The zero-order chi connectivity index (χ0) is 19.8. The summed E-state index contributed by atoms with van der Waals surface area (Å²) in [5.74, 6) is 0.965. The van der Waals surface area contributed by atoms with E-state index in [2.05, 4.69) is 9.88 Å². The van der Waals surface area contributed by atoms with Crippen molar-refractivity contribution in [2.24, 2.45) is 0 Å². The van der Waals surface area contributed by atoms with Crippen LogP contribution in [0.1, 0.15) is 27.2 Å². The van der Waals surface area contributed by atoms with E-state index in [0.717, 1.165) is 17.0 Å². The normalized spacial score (nSPS) is 16.9. The number of halogens is 1. The van der Waals surface area contributed by atoms with Gasteiger partial charge in [-0.15, -0.1) is 0 Å². The monoisotopic (exact) mass is 388 g/mol. The number of hydrogen-bond donors (Lipinski definition) is 0. The van der Waals surface area contributed by atoms with Gasteiger partial charge < -0.3 is 9.47 Å². The summed E-state index contributed by atoms with van der Waals surface area (Å²) >= 11 is 0. The van der Waals surface area contributed by atoms with Gasteiger partial charge in [-0.05, 0) is 48.0 Å². The van der Waals surface area contributed by atoms with Crippen molar-refractivity contribution in [3.8, 4) is 11.5 Å². The van der Waals surface area contributed by atoms with Crippen molar-refractivity contribution in [2.75, 3.05) is 6.73 Å². The van der Waals surface area contributed by atoms with Gasteiger partial charge in [-0.3, -0.25) is 14.7 Å². The maximum atomic E-state index is 13.1. The SMILES string of the molecule is O=C1/C(=C/c2ccc(F)cc2)Oc2c1ccc1c2CN(Cc2ccccn2)CO1. The summed E-state index contributed by atoms with van der Waals surface area (Å²) in [6.07, 6.45) is 3.39. The quantitative estimate of drug-likeness (QED) is 0.630. The van der Waals surface area contributed by atoms with Crippen LogP contribution in [0.3, 0.4) is 0 Å². The standard InChI is InChI=1S/C23H17FN2O3/c24-16-6-4-15(5-7-16)11-21-22(27)18-8-9-20-19(23(18)29-21)13-26(14-28-20)12-17-3-1-2-10-25-17/h1-11H,12-14H2/b21-11-. The summed E-state index contributed by atoms with van der Waals surface area (Å²) in [6, 6.07) is 15.3. The summed E-state index contributed by atoms with van der Waals surface area (Å²) in [5.41, 5.74) is 3.01. The van der Waals surface area contributed by atoms with Gasteiger partial charge in [0, 0.05) is 19.3 Å². The summed E-state index contributed by atoms with van der Waals surface area (Å²) in [5, 5.41) is 0. The van der Waals surface area contributed by atoms with E-state index in [4.69, 9.17) is 9.47 Å². The smallest absolute Gasteiger partial charge is 0.231 e. The van der Waals surface area contributed by atoms with Crippen LogP contribution in [0.25, 0.3) is 6.08 Å². The molecule has 0 spiro atoms. The maximum Gasteiger partial charge on any atom is 0.231 e. The van der Waals surface area contributed by atoms with E-state index in [1.54, 1.807) is 30.5 Å². The van der Waals surface area contributed by atoms with Crippen LogP contribution in [0.2, 0.25) is 0 Å². The predicted octanol–water partition coefficient (Wildman–Crippen LogP) is 4.19. The first-order valence-electron chi connectivity index (χ1n) is 9.28. The molecular formula is C23H17FN2O3. The van der Waals surface area contributed by atoms with Crippen molar-refractivity contribution in [3.63, 3.8) is 0 Å². The molecule has 2 aliphatic heterocycles. The molecule has 6 heteroatoms. The van der Waals surface area contributed by atoms with Crippen molar-refractivity contribution < 1.29 is 18.7 Å². The average Bonchev–Trinajstić information content (AvgIpc) is 3.06. The molecular weight excluding hydrogens is 371 g/mol. The number of Topliss-reactive ketones (excluding diaryl/α,β-unsaturated/α-hetero) is 1. The van der Waals surface area contributed by atoms with E-state index in [1.165, 1.54) is 12.1 Å². The van der Waals surface area contributed by atoms with Crippen LogP contribution in [0, 0.1) is 5.82 Å². The van der Waals surface area contributed by atoms with Gasteiger partial charge in [-0.25, -0.2) is 4.39 Å². The molecule has 0 aliphatic carbocycles. The van der Waals surface area contributed by atoms with Gasteiger partial charge in [0.2, 0.25) is 5.78 Å². The number of hydrogen-bond acceptors (Lipinski definition) is 5. The first kappa shape index (κ1) is 17.6. The third-order valence-electron chi connectivity index (χ3n) is 4.96. The van der Waals surface area contributed by atoms with Crippen molar-refractivity contribution in [3.05, 3.63) is 94.8 Å². The lowest BCUT2D eigenvalue weighted by atomic mass is 10.0. The Morgan fingerprint density at radius 3 is 2.76 bits per heavy atom. The number of ether oxygens (including phenoxy) is 2. The molecule has 144 valence electrons. The van der Waals surface area contributed by atoms with Gasteiger partial charge >= 0.3 is 0 Å². The Morgan fingerprint density at radius 1 is 1.10 bits per heavy atom. The Hall–Kier alpha value is -3.51. The van der Waals surface area contributed by atoms with Gasteiger partial charge in [-0.2, -0.15) is 0 Å². The predicted molar refractivity (Wildman–Crippen MR) is 105 cm³/mol. The molecule has 0 atom stereocenters. The lowest BCUT2D eigenvalue weighted by Crippen LogP contribution is -2.32. The van der Waals surface area contributed by atoms with Crippen LogP contribution in [0.4, 0.5) is 4.39 Å². The highest BCUT2D eigenvalue weighted by Gasteiger charge is 2.33. The van der Waals surface area contributed by atoms with Gasteiger partial charge in [0.05, 0.1) is 16.8 Å². The number of nitrogens with zero attached hydrogens (tertiary/aromatic N) is 2. The Morgan fingerprint density at radius 2 is 1.97 bits per heavy atom. The molecule has 3 heterocycles. The van der Waals surface area contributed by atoms with Crippen LogP contribution in [0.15, 0.2) is 66.6 Å². The van der Waals surface area contributed by atoms with Crippen LogP contribution in [0.5, 0.6) is 11.5 Å². The summed E-state index contributed by atoms with van der Waals surface area (Å²) in [7, 11) is 0. The highest BCUT2D eigenvalue weighted by Crippen LogP contribution is 2.42. The number of rotatable bonds is 3.